The number of carboxylic acid groups (broad SMARTS) is 1. The molecule has 1 aromatic rings. The van der Waals surface area contributed by atoms with Crippen LogP contribution >= 0.6 is 0 Å². The summed E-state index contributed by atoms with van der Waals surface area (Å²) in [6.07, 6.45) is -5.02. The van der Waals surface area contributed by atoms with Crippen molar-refractivity contribution in [1.29, 1.82) is 0 Å². The molecule has 0 aliphatic carbocycles. The lowest BCUT2D eigenvalue weighted by Gasteiger charge is -2.32. The molecule has 2 heterocycles. The summed E-state index contributed by atoms with van der Waals surface area (Å²) < 4.78 is 88.5. The lowest BCUT2D eigenvalue weighted by molar-refractivity contribution is -0.192. The van der Waals surface area contributed by atoms with Gasteiger partial charge in [0.15, 0.2) is 0 Å². The monoisotopic (exact) mass is 458 g/mol. The summed E-state index contributed by atoms with van der Waals surface area (Å²) in [6.45, 7) is -0.302. The molecule has 13 heteroatoms. The molecule has 6 nitrogen and oxygen atoms in total. The van der Waals surface area contributed by atoms with Crippen LogP contribution in [0.1, 0.15) is 42.2 Å². The van der Waals surface area contributed by atoms with Crippen LogP contribution in [0.5, 0.6) is 0 Å². The first-order chi connectivity index (χ1) is 14.2. The van der Waals surface area contributed by atoms with Gasteiger partial charge in [0.25, 0.3) is 5.92 Å². The first-order valence-corrected chi connectivity index (χ1v) is 8.95. The summed E-state index contributed by atoms with van der Waals surface area (Å²) in [5, 5.41) is 11.7. The van der Waals surface area contributed by atoms with E-state index in [1.807, 2.05) is 0 Å². The maximum absolute atomic E-state index is 14.4. The van der Waals surface area contributed by atoms with Gasteiger partial charge in [0.1, 0.15) is 11.6 Å². The molecular weight excluding hydrogens is 441 g/mol. The van der Waals surface area contributed by atoms with E-state index in [4.69, 9.17) is 9.90 Å². The summed E-state index contributed by atoms with van der Waals surface area (Å²) in [7, 11) is 0. The van der Waals surface area contributed by atoms with Gasteiger partial charge in [-0.3, -0.25) is 14.9 Å². The maximum Gasteiger partial charge on any atom is 0.490 e. The second-order valence-electron chi connectivity index (χ2n) is 6.98. The van der Waals surface area contributed by atoms with E-state index < -0.39 is 59.9 Å². The SMILES string of the molecule is O=C(O)C(F)(F)F.O=C1CCC(c2cc(F)c(C3CCNCC3(F)F)cc2F)C(=O)N1. The van der Waals surface area contributed by atoms with Crippen molar-refractivity contribution in [3.8, 4) is 0 Å². The molecule has 2 aliphatic heterocycles. The zero-order valence-electron chi connectivity index (χ0n) is 15.7. The van der Waals surface area contributed by atoms with Crippen molar-refractivity contribution in [3.05, 3.63) is 34.9 Å². The van der Waals surface area contributed by atoms with E-state index in [0.717, 1.165) is 12.1 Å². The average molecular weight is 458 g/mol. The number of hydrogen-bond donors (Lipinski definition) is 3. The summed E-state index contributed by atoms with van der Waals surface area (Å²) >= 11 is 0. The fourth-order valence-electron chi connectivity index (χ4n) is 3.32. The zero-order chi connectivity index (χ0) is 23.6. The van der Waals surface area contributed by atoms with Gasteiger partial charge in [-0.1, -0.05) is 0 Å². The number of imide groups is 1. The number of benzene rings is 1. The van der Waals surface area contributed by atoms with Crippen LogP contribution in [0, 0.1) is 11.6 Å². The quantitative estimate of drug-likeness (QED) is 0.468. The Hall–Kier alpha value is -2.70. The third-order valence-corrected chi connectivity index (χ3v) is 4.83. The van der Waals surface area contributed by atoms with Gasteiger partial charge in [0.2, 0.25) is 11.8 Å². The molecule has 1 aromatic carbocycles. The minimum absolute atomic E-state index is 0.0128. The van der Waals surface area contributed by atoms with Crippen LogP contribution in [0.15, 0.2) is 12.1 Å². The number of hydrogen-bond acceptors (Lipinski definition) is 4. The van der Waals surface area contributed by atoms with Crippen LogP contribution < -0.4 is 10.6 Å². The highest BCUT2D eigenvalue weighted by atomic mass is 19.4. The Labute approximate surface area is 170 Å². The van der Waals surface area contributed by atoms with Gasteiger partial charge < -0.3 is 10.4 Å². The largest absolute Gasteiger partial charge is 0.490 e. The Balaban J connectivity index is 0.000000423. The fraction of sp³-hybridized carbons (Fsp3) is 0.500. The summed E-state index contributed by atoms with van der Waals surface area (Å²) in [4.78, 5) is 31.9. The molecule has 0 saturated carbocycles. The minimum atomic E-state index is -5.08. The van der Waals surface area contributed by atoms with Gasteiger partial charge in [-0.25, -0.2) is 22.4 Å². The molecule has 0 bridgehead atoms. The molecule has 2 unspecified atom stereocenters. The van der Waals surface area contributed by atoms with Gasteiger partial charge in [0.05, 0.1) is 18.4 Å². The number of nitrogens with one attached hydrogen (secondary N) is 2. The van der Waals surface area contributed by atoms with E-state index in [-0.39, 0.29) is 36.9 Å². The van der Waals surface area contributed by atoms with E-state index in [9.17, 15) is 40.3 Å². The number of aliphatic carboxylic acids is 1. The normalized spacial score (nSPS) is 23.5. The van der Waals surface area contributed by atoms with Crippen molar-refractivity contribution >= 4 is 17.8 Å². The van der Waals surface area contributed by atoms with Crippen molar-refractivity contribution in [2.24, 2.45) is 0 Å². The molecule has 2 amide bonds. The molecule has 31 heavy (non-hydrogen) atoms. The Kier molecular flexibility index (Phi) is 7.29. The summed E-state index contributed by atoms with van der Waals surface area (Å²) in [6, 6.07) is 1.57. The van der Waals surface area contributed by atoms with Gasteiger partial charge >= 0.3 is 12.1 Å². The molecule has 0 spiro atoms. The number of carbonyl (C=O) groups excluding carboxylic acids is 2. The number of carboxylic acids is 1. The number of piperidine rings is 2. The molecule has 3 rings (SSSR count). The fourth-order valence-corrected chi connectivity index (χ4v) is 3.32. The molecule has 2 fully saturated rings. The lowest BCUT2D eigenvalue weighted by atomic mass is 9.83. The van der Waals surface area contributed by atoms with E-state index in [2.05, 4.69) is 10.6 Å². The Morgan fingerprint density at radius 1 is 1.06 bits per heavy atom. The summed E-state index contributed by atoms with van der Waals surface area (Å²) in [5.41, 5.74) is -0.589. The highest BCUT2D eigenvalue weighted by Crippen LogP contribution is 2.40. The summed E-state index contributed by atoms with van der Waals surface area (Å²) in [5.74, 6) is -11.4. The first-order valence-electron chi connectivity index (χ1n) is 8.95. The Morgan fingerprint density at radius 2 is 1.61 bits per heavy atom. The van der Waals surface area contributed by atoms with E-state index in [0.29, 0.717) is 0 Å². The van der Waals surface area contributed by atoms with Crippen molar-refractivity contribution < 1.29 is 50.2 Å². The molecular formula is C18H17F7N2O4. The highest BCUT2D eigenvalue weighted by molar-refractivity contribution is 6.00. The van der Waals surface area contributed by atoms with Crippen molar-refractivity contribution in [1.82, 2.24) is 10.6 Å². The molecule has 2 aliphatic rings. The second-order valence-corrected chi connectivity index (χ2v) is 6.98. The van der Waals surface area contributed by atoms with Crippen LogP contribution in [0.4, 0.5) is 30.7 Å². The van der Waals surface area contributed by atoms with Crippen molar-refractivity contribution in [2.75, 3.05) is 13.1 Å². The van der Waals surface area contributed by atoms with E-state index in [1.54, 1.807) is 0 Å². The Bertz CT molecular complexity index is 873. The molecule has 0 radical (unpaired) electrons. The predicted molar refractivity (Wildman–Crippen MR) is 90.3 cm³/mol. The zero-order valence-corrected chi connectivity index (χ0v) is 15.7. The lowest BCUT2D eigenvalue weighted by Crippen LogP contribution is -2.45. The number of carbonyl (C=O) groups is 3. The van der Waals surface area contributed by atoms with Crippen LogP contribution in [0.2, 0.25) is 0 Å². The van der Waals surface area contributed by atoms with E-state index in [1.165, 1.54) is 0 Å². The predicted octanol–water partition coefficient (Wildman–Crippen LogP) is 2.83. The first kappa shape index (κ1) is 24.6. The van der Waals surface area contributed by atoms with Crippen molar-refractivity contribution in [2.45, 2.75) is 43.2 Å². The molecule has 3 N–H and O–H groups in total. The molecule has 2 saturated heterocycles. The van der Waals surface area contributed by atoms with Crippen molar-refractivity contribution in [3.63, 3.8) is 0 Å². The minimum Gasteiger partial charge on any atom is -0.475 e. The Morgan fingerprint density at radius 3 is 2.13 bits per heavy atom. The average Bonchev–Trinajstić information content (AvgIpc) is 2.63. The number of halogens is 7. The van der Waals surface area contributed by atoms with Gasteiger partial charge in [-0.05, 0) is 37.1 Å². The molecule has 0 aromatic heterocycles. The number of amides is 2. The topological polar surface area (TPSA) is 95.5 Å². The van der Waals surface area contributed by atoms with Gasteiger partial charge in [-0.2, -0.15) is 13.2 Å². The van der Waals surface area contributed by atoms with Crippen LogP contribution in [-0.4, -0.2) is 48.1 Å². The van der Waals surface area contributed by atoms with Crippen LogP contribution in [0.25, 0.3) is 0 Å². The molecule has 172 valence electrons. The second kappa shape index (κ2) is 9.20. The standard InChI is InChI=1S/C16H16F4N2O2.C2HF3O2/c17-12-6-10(11-3-4-21-7-16(11,19)20)13(18)5-9(12)8-1-2-14(23)22-15(8)24;3-2(4,5)1(6)7/h5-6,8,11,21H,1-4,7H2,(H,22,23,24);(H,6,7). The smallest absolute Gasteiger partial charge is 0.475 e. The third-order valence-electron chi connectivity index (χ3n) is 4.83. The highest BCUT2D eigenvalue weighted by Gasteiger charge is 2.44. The van der Waals surface area contributed by atoms with Gasteiger partial charge in [-0.15, -0.1) is 0 Å². The van der Waals surface area contributed by atoms with Crippen LogP contribution in [-0.2, 0) is 14.4 Å². The van der Waals surface area contributed by atoms with Gasteiger partial charge in [0, 0.05) is 12.0 Å². The molecule has 2 atom stereocenters. The number of rotatable bonds is 2. The van der Waals surface area contributed by atoms with Crippen LogP contribution in [0.3, 0.4) is 0 Å². The maximum atomic E-state index is 14.4. The van der Waals surface area contributed by atoms with E-state index >= 15 is 0 Å². The number of alkyl halides is 5. The third kappa shape index (κ3) is 5.93.